The second kappa shape index (κ2) is 8.76. The fourth-order valence-corrected chi connectivity index (χ4v) is 4.44. The largest absolute Gasteiger partial charge is 1.00 e. The van der Waals surface area contributed by atoms with Crippen molar-refractivity contribution in [3.8, 4) is 11.5 Å². The van der Waals surface area contributed by atoms with Crippen molar-refractivity contribution >= 4 is 11.5 Å². The van der Waals surface area contributed by atoms with Crippen LogP contribution in [0.1, 0.15) is 36.8 Å². The molecule has 2 aromatic carbocycles. The van der Waals surface area contributed by atoms with E-state index in [-0.39, 0.29) is 17.0 Å². The van der Waals surface area contributed by atoms with Crippen molar-refractivity contribution in [2.75, 3.05) is 32.2 Å². The first-order valence-electron chi connectivity index (χ1n) is 9.99. The molecule has 29 heavy (non-hydrogen) atoms. The number of nitrogens with zero attached hydrogens (tertiary/aromatic N) is 2. The van der Waals surface area contributed by atoms with E-state index in [4.69, 9.17) is 9.47 Å². The standard InChI is InChI=1S/C23H29N2O3.BrH/c1-17-8-7-9-19(14-17)24-16-23(26,25-13-6-4-5-10-22(24)25)18-11-12-20(27-2)21(15-18)28-3;/h7-9,11-12,14-15,26H,4-6,10,13,16H2,1-3H3;1H/q+1;/p-1. The Balaban J connectivity index is 0.00000240. The number of aliphatic hydroxyl groups is 1. The van der Waals surface area contributed by atoms with Crippen LogP contribution in [0.5, 0.6) is 11.5 Å². The number of methoxy groups -OCH3 is 2. The van der Waals surface area contributed by atoms with Crippen molar-refractivity contribution < 1.29 is 36.1 Å². The Morgan fingerprint density at radius 2 is 1.79 bits per heavy atom. The minimum absolute atomic E-state index is 0. The number of hydrogen-bond acceptors (Lipinski definition) is 4. The summed E-state index contributed by atoms with van der Waals surface area (Å²) in [6.45, 7) is 3.46. The summed E-state index contributed by atoms with van der Waals surface area (Å²) in [4.78, 5) is 2.29. The summed E-state index contributed by atoms with van der Waals surface area (Å²) in [5, 5.41) is 11.9. The quantitative estimate of drug-likeness (QED) is 0.681. The van der Waals surface area contributed by atoms with Crippen molar-refractivity contribution in [1.29, 1.82) is 0 Å². The monoisotopic (exact) mass is 460 g/mol. The third-order valence-corrected chi connectivity index (χ3v) is 5.89. The molecule has 0 saturated carbocycles. The molecule has 0 aromatic heterocycles. The molecule has 2 aliphatic heterocycles. The Morgan fingerprint density at radius 1 is 1.00 bits per heavy atom. The van der Waals surface area contributed by atoms with E-state index in [2.05, 4.69) is 40.7 Å². The van der Waals surface area contributed by atoms with E-state index in [1.165, 1.54) is 17.8 Å². The van der Waals surface area contributed by atoms with E-state index in [0.29, 0.717) is 18.0 Å². The van der Waals surface area contributed by atoms with E-state index in [1.807, 2.05) is 18.2 Å². The van der Waals surface area contributed by atoms with E-state index in [9.17, 15) is 5.11 Å². The Bertz CT molecular complexity index is 915. The van der Waals surface area contributed by atoms with Crippen LogP contribution in [0, 0.1) is 6.92 Å². The highest BCUT2D eigenvalue weighted by molar-refractivity contribution is 5.96. The first-order chi connectivity index (χ1) is 13.6. The van der Waals surface area contributed by atoms with Crippen molar-refractivity contribution in [3.63, 3.8) is 0 Å². The Labute approximate surface area is 183 Å². The van der Waals surface area contributed by atoms with E-state index >= 15 is 0 Å². The third kappa shape index (κ3) is 3.88. The molecule has 0 amide bonds. The van der Waals surface area contributed by atoms with Gasteiger partial charge < -0.3 is 31.6 Å². The van der Waals surface area contributed by atoms with Crippen molar-refractivity contribution in [1.82, 2.24) is 0 Å². The van der Waals surface area contributed by atoms with Gasteiger partial charge in [0.25, 0.3) is 11.6 Å². The van der Waals surface area contributed by atoms with E-state index in [0.717, 1.165) is 37.1 Å². The molecule has 2 aromatic rings. The van der Waals surface area contributed by atoms with Gasteiger partial charge in [-0.25, -0.2) is 9.48 Å². The molecule has 0 fully saturated rings. The number of aryl methyl sites for hydroxylation is 1. The minimum atomic E-state index is -1.09. The minimum Gasteiger partial charge on any atom is -1.00 e. The maximum Gasteiger partial charge on any atom is 0.271 e. The molecule has 4 rings (SSSR count). The summed E-state index contributed by atoms with van der Waals surface area (Å²) in [6.07, 6.45) is 4.39. The Kier molecular flexibility index (Phi) is 6.54. The van der Waals surface area contributed by atoms with E-state index in [1.54, 1.807) is 14.2 Å². The SMILES string of the molecule is COc1ccc(C2(O)CN(c3cccc(C)c3)C3=[N+]2CCCCC3)cc1OC.[Br-]. The van der Waals surface area contributed by atoms with Crippen LogP contribution in [-0.4, -0.2) is 42.8 Å². The van der Waals surface area contributed by atoms with Gasteiger partial charge in [-0.05, 0) is 62.1 Å². The summed E-state index contributed by atoms with van der Waals surface area (Å²) in [5.74, 6) is 2.52. The Hall–Kier alpha value is -2.05. The number of hydrogen-bond donors (Lipinski definition) is 1. The average molecular weight is 461 g/mol. The smallest absolute Gasteiger partial charge is 0.271 e. The zero-order valence-corrected chi connectivity index (χ0v) is 18.9. The van der Waals surface area contributed by atoms with Crippen molar-refractivity contribution in [3.05, 3.63) is 53.6 Å². The van der Waals surface area contributed by atoms with Crippen molar-refractivity contribution in [2.45, 2.75) is 38.3 Å². The molecule has 0 saturated heterocycles. The molecule has 6 heteroatoms. The van der Waals surface area contributed by atoms with Gasteiger partial charge in [0, 0.05) is 12.0 Å². The number of anilines is 1. The molecule has 1 atom stereocenters. The number of amidine groups is 1. The highest BCUT2D eigenvalue weighted by Crippen LogP contribution is 2.38. The van der Waals surface area contributed by atoms with E-state index < -0.39 is 5.72 Å². The van der Waals surface area contributed by atoms with Gasteiger partial charge in [-0.2, -0.15) is 0 Å². The summed E-state index contributed by atoms with van der Waals surface area (Å²) in [5.41, 5.74) is 2.10. The fourth-order valence-electron chi connectivity index (χ4n) is 4.44. The maximum absolute atomic E-state index is 11.9. The van der Waals surface area contributed by atoms with Gasteiger partial charge in [0.15, 0.2) is 18.0 Å². The zero-order valence-electron chi connectivity index (χ0n) is 17.3. The van der Waals surface area contributed by atoms with Crippen LogP contribution in [0.2, 0.25) is 0 Å². The molecule has 156 valence electrons. The lowest BCUT2D eigenvalue weighted by atomic mass is 10.0. The molecule has 1 unspecified atom stereocenters. The van der Waals surface area contributed by atoms with Crippen LogP contribution in [0.4, 0.5) is 5.69 Å². The summed E-state index contributed by atoms with van der Waals surface area (Å²) in [6, 6.07) is 14.2. The van der Waals surface area contributed by atoms with Gasteiger partial charge in [-0.15, -0.1) is 0 Å². The fraction of sp³-hybridized carbons (Fsp3) is 0.435. The molecule has 5 nitrogen and oxygen atoms in total. The number of benzene rings is 2. The summed E-state index contributed by atoms with van der Waals surface area (Å²) < 4.78 is 13.1. The molecule has 0 aliphatic carbocycles. The summed E-state index contributed by atoms with van der Waals surface area (Å²) >= 11 is 0. The predicted octanol–water partition coefficient (Wildman–Crippen LogP) is 0.667. The van der Waals surface area contributed by atoms with Crippen LogP contribution < -0.4 is 31.4 Å². The number of halogens is 1. The van der Waals surface area contributed by atoms with Gasteiger partial charge in [0.1, 0.15) is 5.69 Å². The van der Waals surface area contributed by atoms with Crippen LogP contribution in [0.25, 0.3) is 0 Å². The molecule has 1 N–H and O–H groups in total. The topological polar surface area (TPSA) is 44.9 Å². The van der Waals surface area contributed by atoms with Gasteiger partial charge in [-0.1, -0.05) is 12.1 Å². The highest BCUT2D eigenvalue weighted by Gasteiger charge is 2.52. The van der Waals surface area contributed by atoms with Gasteiger partial charge in [-0.3, -0.25) is 0 Å². The highest BCUT2D eigenvalue weighted by atomic mass is 79.9. The molecule has 2 aliphatic rings. The maximum atomic E-state index is 11.9. The first kappa shape index (κ1) is 21.7. The third-order valence-electron chi connectivity index (χ3n) is 5.89. The molecular formula is C23H29BrN2O3. The van der Waals surface area contributed by atoms with Gasteiger partial charge >= 0.3 is 0 Å². The second-order valence-electron chi connectivity index (χ2n) is 7.69. The van der Waals surface area contributed by atoms with Crippen LogP contribution in [0.15, 0.2) is 42.5 Å². The molecular weight excluding hydrogens is 432 g/mol. The predicted molar refractivity (Wildman–Crippen MR) is 111 cm³/mol. The number of ether oxygens (including phenoxy) is 2. The lowest BCUT2D eigenvalue weighted by Gasteiger charge is -2.24. The lowest BCUT2D eigenvalue weighted by Crippen LogP contribution is -3.00. The Morgan fingerprint density at radius 3 is 2.52 bits per heavy atom. The number of β-amino-alcohol motifs (C(OH)–C–C–N with tert-alkyl or cyclic N) is 1. The van der Waals surface area contributed by atoms with Gasteiger partial charge in [0.05, 0.1) is 20.8 Å². The molecule has 0 spiro atoms. The average Bonchev–Trinajstić information content (AvgIpc) is 2.86. The van der Waals surface area contributed by atoms with Gasteiger partial charge in [0.2, 0.25) is 0 Å². The first-order valence-corrected chi connectivity index (χ1v) is 9.99. The normalized spacial score (nSPS) is 21.3. The molecule has 0 bridgehead atoms. The second-order valence-corrected chi connectivity index (χ2v) is 7.69. The van der Waals surface area contributed by atoms with Crippen molar-refractivity contribution in [2.24, 2.45) is 0 Å². The number of rotatable bonds is 4. The molecule has 2 heterocycles. The summed E-state index contributed by atoms with van der Waals surface area (Å²) in [7, 11) is 3.25. The zero-order chi connectivity index (χ0) is 19.7. The van der Waals surface area contributed by atoms with Crippen LogP contribution in [0.3, 0.4) is 0 Å². The van der Waals surface area contributed by atoms with Crippen LogP contribution >= 0.6 is 0 Å². The molecule has 0 radical (unpaired) electrons. The van der Waals surface area contributed by atoms with Crippen LogP contribution in [-0.2, 0) is 5.72 Å². The lowest BCUT2D eigenvalue weighted by molar-refractivity contribution is -0.658.